The van der Waals surface area contributed by atoms with Crippen LogP contribution in [-0.4, -0.2) is 72.2 Å². The predicted octanol–water partition coefficient (Wildman–Crippen LogP) is 1.78. The van der Waals surface area contributed by atoms with E-state index in [2.05, 4.69) is 0 Å². The van der Waals surface area contributed by atoms with Crippen molar-refractivity contribution in [1.29, 1.82) is 0 Å². The SMILES string of the molecule is COCC(=O)N1CC[C@]2(O)CCN(C(=O)c3cc(C(C)C)oc3C)C[C@@H]2C1. The van der Waals surface area contributed by atoms with Gasteiger partial charge in [-0.15, -0.1) is 0 Å². The predicted molar refractivity (Wildman–Crippen MR) is 99.6 cm³/mol. The maximum Gasteiger partial charge on any atom is 0.257 e. The van der Waals surface area contributed by atoms with E-state index in [1.807, 2.05) is 26.8 Å². The third kappa shape index (κ3) is 3.89. The number of fused-ring (bicyclic) bond motifs is 1. The molecule has 0 spiro atoms. The van der Waals surface area contributed by atoms with Gasteiger partial charge in [-0.3, -0.25) is 9.59 Å². The molecule has 2 aliphatic rings. The van der Waals surface area contributed by atoms with E-state index in [-0.39, 0.29) is 30.3 Å². The number of hydrogen-bond donors (Lipinski definition) is 1. The minimum atomic E-state index is -0.810. The second-order valence-corrected chi connectivity index (χ2v) is 8.10. The fourth-order valence-electron chi connectivity index (χ4n) is 4.10. The van der Waals surface area contributed by atoms with E-state index < -0.39 is 5.60 Å². The average molecular weight is 378 g/mol. The number of carbonyl (C=O) groups is 2. The molecule has 0 radical (unpaired) electrons. The maximum absolute atomic E-state index is 13.0. The highest BCUT2D eigenvalue weighted by atomic mass is 16.5. The molecule has 2 amide bonds. The number of aliphatic hydroxyl groups is 1. The summed E-state index contributed by atoms with van der Waals surface area (Å²) in [5.74, 6) is 1.36. The summed E-state index contributed by atoms with van der Waals surface area (Å²) in [5.41, 5.74) is -0.220. The molecular formula is C20H30N2O5. The number of furan rings is 1. The first-order valence-corrected chi connectivity index (χ1v) is 9.64. The van der Waals surface area contributed by atoms with Gasteiger partial charge < -0.3 is 24.1 Å². The van der Waals surface area contributed by atoms with E-state index in [0.29, 0.717) is 50.3 Å². The summed E-state index contributed by atoms with van der Waals surface area (Å²) in [5, 5.41) is 11.0. The number of nitrogens with zero attached hydrogens (tertiary/aromatic N) is 2. The molecule has 2 aliphatic heterocycles. The van der Waals surface area contributed by atoms with E-state index >= 15 is 0 Å². The van der Waals surface area contributed by atoms with Crippen molar-refractivity contribution in [3.05, 3.63) is 23.2 Å². The summed E-state index contributed by atoms with van der Waals surface area (Å²) in [4.78, 5) is 28.7. The third-order valence-electron chi connectivity index (χ3n) is 5.91. The number of aryl methyl sites for hydroxylation is 1. The minimum absolute atomic E-state index is 0.0417. The number of ether oxygens (including phenoxy) is 1. The molecule has 3 heterocycles. The zero-order valence-electron chi connectivity index (χ0n) is 16.7. The molecule has 2 fully saturated rings. The first-order valence-electron chi connectivity index (χ1n) is 9.64. The highest BCUT2D eigenvalue weighted by Crippen LogP contribution is 2.36. The minimum Gasteiger partial charge on any atom is -0.465 e. The summed E-state index contributed by atoms with van der Waals surface area (Å²) in [6.45, 7) is 7.84. The second kappa shape index (κ2) is 7.64. The lowest BCUT2D eigenvalue weighted by Crippen LogP contribution is -2.61. The zero-order valence-corrected chi connectivity index (χ0v) is 16.7. The first kappa shape index (κ1) is 19.9. The van der Waals surface area contributed by atoms with Crippen molar-refractivity contribution >= 4 is 11.8 Å². The zero-order chi connectivity index (χ0) is 19.8. The Labute approximate surface area is 160 Å². The molecular weight excluding hydrogens is 348 g/mol. The number of likely N-dealkylation sites (tertiary alicyclic amines) is 2. The monoisotopic (exact) mass is 378 g/mol. The van der Waals surface area contributed by atoms with Crippen LogP contribution in [-0.2, 0) is 9.53 Å². The van der Waals surface area contributed by atoms with E-state index in [4.69, 9.17) is 9.15 Å². The van der Waals surface area contributed by atoms with Gasteiger partial charge in [0, 0.05) is 45.1 Å². The number of methoxy groups -OCH3 is 1. The summed E-state index contributed by atoms with van der Waals surface area (Å²) in [7, 11) is 1.50. The molecule has 1 N–H and O–H groups in total. The van der Waals surface area contributed by atoms with Gasteiger partial charge in [0.1, 0.15) is 18.1 Å². The Morgan fingerprint density at radius 3 is 2.52 bits per heavy atom. The molecule has 0 bridgehead atoms. The molecule has 2 atom stereocenters. The fourth-order valence-corrected chi connectivity index (χ4v) is 4.10. The van der Waals surface area contributed by atoms with Crippen molar-refractivity contribution in [3.8, 4) is 0 Å². The molecule has 2 saturated heterocycles. The Morgan fingerprint density at radius 1 is 1.30 bits per heavy atom. The van der Waals surface area contributed by atoms with Gasteiger partial charge in [-0.05, 0) is 25.8 Å². The van der Waals surface area contributed by atoms with Crippen molar-refractivity contribution in [3.63, 3.8) is 0 Å². The largest absolute Gasteiger partial charge is 0.465 e. The van der Waals surface area contributed by atoms with Crippen LogP contribution < -0.4 is 0 Å². The van der Waals surface area contributed by atoms with Crippen LogP contribution >= 0.6 is 0 Å². The van der Waals surface area contributed by atoms with E-state index in [9.17, 15) is 14.7 Å². The lowest BCUT2D eigenvalue weighted by molar-refractivity contribution is -0.148. The van der Waals surface area contributed by atoms with Crippen LogP contribution in [0.4, 0.5) is 0 Å². The van der Waals surface area contributed by atoms with Crippen molar-refractivity contribution in [2.75, 3.05) is 39.9 Å². The standard InChI is InChI=1S/C20H30N2O5/c1-13(2)17-9-16(14(3)27-17)19(24)22-8-6-20(25)5-7-21(10-15(20)11-22)18(23)12-26-4/h9,13,15,25H,5-8,10-12H2,1-4H3/t15-,20-/m0/s1. The topological polar surface area (TPSA) is 83.2 Å². The highest BCUT2D eigenvalue weighted by molar-refractivity contribution is 5.95. The molecule has 1 aromatic rings. The molecule has 3 rings (SSSR count). The Balaban J connectivity index is 1.73. The number of carbonyl (C=O) groups excluding carboxylic acids is 2. The Kier molecular flexibility index (Phi) is 5.63. The van der Waals surface area contributed by atoms with Gasteiger partial charge in [0.2, 0.25) is 5.91 Å². The Bertz CT molecular complexity index is 713. The molecule has 0 saturated carbocycles. The molecule has 1 aromatic heterocycles. The van der Waals surface area contributed by atoms with Crippen molar-refractivity contribution in [2.24, 2.45) is 5.92 Å². The normalized spacial score (nSPS) is 25.6. The van der Waals surface area contributed by atoms with Gasteiger partial charge in [-0.1, -0.05) is 13.8 Å². The summed E-state index contributed by atoms with van der Waals surface area (Å²) in [6, 6.07) is 1.83. The van der Waals surface area contributed by atoms with Crippen LogP contribution in [0, 0.1) is 12.8 Å². The summed E-state index contributed by atoms with van der Waals surface area (Å²) >= 11 is 0. The third-order valence-corrected chi connectivity index (χ3v) is 5.91. The van der Waals surface area contributed by atoms with Crippen LogP contribution in [0.5, 0.6) is 0 Å². The number of hydrogen-bond acceptors (Lipinski definition) is 5. The van der Waals surface area contributed by atoms with Gasteiger partial charge in [0.25, 0.3) is 5.91 Å². The van der Waals surface area contributed by atoms with Crippen molar-refractivity contribution in [1.82, 2.24) is 9.80 Å². The van der Waals surface area contributed by atoms with Crippen molar-refractivity contribution < 1.29 is 23.8 Å². The van der Waals surface area contributed by atoms with E-state index in [1.165, 1.54) is 7.11 Å². The first-order chi connectivity index (χ1) is 12.7. The van der Waals surface area contributed by atoms with Gasteiger partial charge in [-0.25, -0.2) is 0 Å². The van der Waals surface area contributed by atoms with Crippen LogP contribution in [0.2, 0.25) is 0 Å². The summed E-state index contributed by atoms with van der Waals surface area (Å²) < 4.78 is 10.7. The molecule has 0 unspecified atom stereocenters. The van der Waals surface area contributed by atoms with E-state index in [1.54, 1.807) is 9.80 Å². The van der Waals surface area contributed by atoms with E-state index in [0.717, 1.165) is 5.76 Å². The van der Waals surface area contributed by atoms with Crippen LogP contribution in [0.15, 0.2) is 10.5 Å². The van der Waals surface area contributed by atoms with Gasteiger partial charge in [0.15, 0.2) is 0 Å². The Hall–Kier alpha value is -1.86. The quantitative estimate of drug-likeness (QED) is 0.864. The number of piperidine rings is 2. The lowest BCUT2D eigenvalue weighted by Gasteiger charge is -2.50. The van der Waals surface area contributed by atoms with Crippen LogP contribution in [0.1, 0.15) is 54.5 Å². The van der Waals surface area contributed by atoms with Gasteiger partial charge >= 0.3 is 0 Å². The molecule has 0 aliphatic carbocycles. The molecule has 27 heavy (non-hydrogen) atoms. The average Bonchev–Trinajstić information content (AvgIpc) is 3.02. The lowest BCUT2D eigenvalue weighted by atomic mass is 9.75. The summed E-state index contributed by atoms with van der Waals surface area (Å²) in [6.07, 6.45) is 1.07. The molecule has 7 nitrogen and oxygen atoms in total. The molecule has 7 heteroatoms. The van der Waals surface area contributed by atoms with Crippen molar-refractivity contribution in [2.45, 2.75) is 45.1 Å². The van der Waals surface area contributed by atoms with Gasteiger partial charge in [0.05, 0.1) is 11.2 Å². The highest BCUT2D eigenvalue weighted by Gasteiger charge is 2.47. The smallest absolute Gasteiger partial charge is 0.257 e. The molecule has 150 valence electrons. The van der Waals surface area contributed by atoms with Crippen LogP contribution in [0.3, 0.4) is 0 Å². The maximum atomic E-state index is 13.0. The van der Waals surface area contributed by atoms with Crippen LogP contribution in [0.25, 0.3) is 0 Å². The van der Waals surface area contributed by atoms with Gasteiger partial charge in [-0.2, -0.15) is 0 Å². The Morgan fingerprint density at radius 2 is 1.93 bits per heavy atom. The fraction of sp³-hybridized carbons (Fsp3) is 0.700. The molecule has 0 aromatic carbocycles. The second-order valence-electron chi connectivity index (χ2n) is 8.10. The number of rotatable bonds is 4. The number of amides is 2.